The van der Waals surface area contributed by atoms with Crippen molar-refractivity contribution in [2.75, 3.05) is 19.6 Å². The van der Waals surface area contributed by atoms with Crippen molar-refractivity contribution in [2.45, 2.75) is 59.5 Å². The average molecular weight is 486 g/mol. The Labute approximate surface area is 181 Å². The third kappa shape index (κ3) is 7.68. The molecule has 0 spiro atoms. The van der Waals surface area contributed by atoms with Crippen LogP contribution in [0.3, 0.4) is 0 Å². The Hall–Kier alpha value is -1.31. The van der Waals surface area contributed by atoms with Crippen molar-refractivity contribution in [1.29, 1.82) is 0 Å². The van der Waals surface area contributed by atoms with Gasteiger partial charge in [-0.1, -0.05) is 51.0 Å². The summed E-state index contributed by atoms with van der Waals surface area (Å²) in [6.45, 7) is 10.5. The summed E-state index contributed by atoms with van der Waals surface area (Å²) >= 11 is 0. The second-order valence-corrected chi connectivity index (χ2v) is 6.95. The molecule has 5 nitrogen and oxygen atoms in total. The van der Waals surface area contributed by atoms with E-state index < -0.39 is 0 Å². The highest BCUT2D eigenvalue weighted by Crippen LogP contribution is 2.17. The van der Waals surface area contributed by atoms with Crippen LogP contribution in [0, 0.1) is 5.92 Å². The van der Waals surface area contributed by atoms with E-state index in [1.54, 1.807) is 0 Å². The Bertz CT molecular complexity index is 602. The zero-order chi connectivity index (χ0) is 18.8. The molecule has 1 aromatic carbocycles. The van der Waals surface area contributed by atoms with Gasteiger partial charge in [0.1, 0.15) is 0 Å². The maximum absolute atomic E-state index is 11.9. The number of hydrogen-bond acceptors (Lipinski definition) is 2. The summed E-state index contributed by atoms with van der Waals surface area (Å²) in [6, 6.07) is 8.31. The first-order valence-electron chi connectivity index (χ1n) is 10.0. The number of hydrogen-bond donors (Lipinski definition) is 2. The number of guanidine groups is 1. The zero-order valence-corrected chi connectivity index (χ0v) is 19.3. The number of aliphatic imine (C=N–C) groups is 1. The first-order chi connectivity index (χ1) is 12.7. The van der Waals surface area contributed by atoms with Gasteiger partial charge < -0.3 is 15.5 Å². The number of carbonyl (C=O) groups is 1. The molecule has 1 fully saturated rings. The maximum atomic E-state index is 11.9. The summed E-state index contributed by atoms with van der Waals surface area (Å²) in [5.74, 6) is 1.81. The molecule has 0 aliphatic carbocycles. The topological polar surface area (TPSA) is 56.7 Å². The van der Waals surface area contributed by atoms with Crippen LogP contribution in [0.25, 0.3) is 0 Å². The third-order valence-electron chi connectivity index (χ3n) is 5.12. The van der Waals surface area contributed by atoms with Gasteiger partial charge in [-0.25, -0.2) is 4.99 Å². The third-order valence-corrected chi connectivity index (χ3v) is 5.12. The number of likely N-dealkylation sites (tertiary alicyclic amines) is 1. The molecular formula is C21H35IN4O. The van der Waals surface area contributed by atoms with E-state index in [-0.39, 0.29) is 29.9 Å². The molecule has 152 valence electrons. The molecule has 0 radical (unpaired) electrons. The zero-order valence-electron chi connectivity index (χ0n) is 17.0. The van der Waals surface area contributed by atoms with E-state index in [4.69, 9.17) is 4.99 Å². The van der Waals surface area contributed by atoms with Crippen LogP contribution in [0.4, 0.5) is 0 Å². The summed E-state index contributed by atoms with van der Waals surface area (Å²) < 4.78 is 0. The van der Waals surface area contributed by atoms with Gasteiger partial charge in [-0.05, 0) is 30.4 Å². The van der Waals surface area contributed by atoms with Gasteiger partial charge in [0.15, 0.2) is 5.96 Å². The molecule has 1 aromatic rings. The number of rotatable bonds is 9. The van der Waals surface area contributed by atoms with Crippen LogP contribution in [-0.2, 0) is 17.9 Å². The molecule has 2 N–H and O–H groups in total. The quantitative estimate of drug-likeness (QED) is 0.316. The molecule has 1 amide bonds. The van der Waals surface area contributed by atoms with Crippen molar-refractivity contribution in [3.05, 3.63) is 35.4 Å². The van der Waals surface area contributed by atoms with Crippen LogP contribution in [0.1, 0.15) is 57.6 Å². The lowest BCUT2D eigenvalue weighted by Crippen LogP contribution is -2.39. The Kier molecular flexibility index (Phi) is 11.4. The Balaban J connectivity index is 0.00000364. The molecule has 27 heavy (non-hydrogen) atoms. The van der Waals surface area contributed by atoms with Gasteiger partial charge in [0.2, 0.25) is 5.91 Å². The number of halogens is 1. The normalized spacial score (nSPS) is 14.4. The highest BCUT2D eigenvalue weighted by molar-refractivity contribution is 14.0. The van der Waals surface area contributed by atoms with Gasteiger partial charge >= 0.3 is 0 Å². The van der Waals surface area contributed by atoms with Gasteiger partial charge in [0.25, 0.3) is 0 Å². The van der Waals surface area contributed by atoms with Gasteiger partial charge in [-0.2, -0.15) is 0 Å². The minimum Gasteiger partial charge on any atom is -0.357 e. The Morgan fingerprint density at radius 2 is 1.85 bits per heavy atom. The highest BCUT2D eigenvalue weighted by Gasteiger charge is 2.20. The molecule has 2 rings (SSSR count). The van der Waals surface area contributed by atoms with Gasteiger partial charge in [-0.15, -0.1) is 24.0 Å². The SMILES string of the molecule is CCNC(=NCc1ccccc1CN1CCCC1=O)NCC(CC)CC.I. The molecule has 1 saturated heterocycles. The molecule has 0 unspecified atom stereocenters. The summed E-state index contributed by atoms with van der Waals surface area (Å²) in [5, 5.41) is 6.80. The van der Waals surface area contributed by atoms with Crippen LogP contribution in [0.5, 0.6) is 0 Å². The fourth-order valence-electron chi connectivity index (χ4n) is 3.27. The average Bonchev–Trinajstić information content (AvgIpc) is 3.06. The van der Waals surface area contributed by atoms with Gasteiger partial charge in [-0.3, -0.25) is 4.79 Å². The van der Waals surface area contributed by atoms with Crippen molar-refractivity contribution in [3.8, 4) is 0 Å². The molecular weight excluding hydrogens is 451 g/mol. The molecule has 0 atom stereocenters. The highest BCUT2D eigenvalue weighted by atomic mass is 127. The predicted molar refractivity (Wildman–Crippen MR) is 123 cm³/mol. The Morgan fingerprint density at radius 1 is 1.15 bits per heavy atom. The van der Waals surface area contributed by atoms with Crippen molar-refractivity contribution >= 4 is 35.8 Å². The second-order valence-electron chi connectivity index (χ2n) is 6.95. The van der Waals surface area contributed by atoms with Gasteiger partial charge in [0, 0.05) is 32.6 Å². The Morgan fingerprint density at radius 3 is 2.44 bits per heavy atom. The second kappa shape index (κ2) is 13.0. The number of amides is 1. The lowest BCUT2D eigenvalue weighted by Gasteiger charge is -2.18. The van der Waals surface area contributed by atoms with E-state index in [1.165, 1.54) is 24.0 Å². The largest absolute Gasteiger partial charge is 0.357 e. The molecule has 1 heterocycles. The molecule has 1 aliphatic heterocycles. The number of nitrogens with one attached hydrogen (secondary N) is 2. The summed E-state index contributed by atoms with van der Waals surface area (Å²) in [5.41, 5.74) is 2.38. The first kappa shape index (κ1) is 23.7. The predicted octanol–water partition coefficient (Wildman–Crippen LogP) is 3.92. The van der Waals surface area contributed by atoms with Crippen molar-refractivity contribution in [2.24, 2.45) is 10.9 Å². The lowest BCUT2D eigenvalue weighted by molar-refractivity contribution is -0.128. The van der Waals surface area contributed by atoms with E-state index in [2.05, 4.69) is 43.5 Å². The maximum Gasteiger partial charge on any atom is 0.222 e. The molecule has 0 aromatic heterocycles. The first-order valence-corrected chi connectivity index (χ1v) is 10.0. The summed E-state index contributed by atoms with van der Waals surface area (Å²) in [6.07, 6.45) is 4.01. The van der Waals surface area contributed by atoms with Crippen LogP contribution in [0.15, 0.2) is 29.3 Å². The van der Waals surface area contributed by atoms with Crippen LogP contribution in [0.2, 0.25) is 0 Å². The van der Waals surface area contributed by atoms with Gasteiger partial charge in [0.05, 0.1) is 6.54 Å². The molecule has 6 heteroatoms. The van der Waals surface area contributed by atoms with E-state index in [0.29, 0.717) is 25.4 Å². The number of carbonyl (C=O) groups excluding carboxylic acids is 1. The van der Waals surface area contributed by atoms with E-state index in [9.17, 15) is 4.79 Å². The summed E-state index contributed by atoms with van der Waals surface area (Å²) in [4.78, 5) is 18.7. The van der Waals surface area contributed by atoms with E-state index >= 15 is 0 Å². The van der Waals surface area contributed by atoms with E-state index in [1.807, 2.05) is 17.0 Å². The van der Waals surface area contributed by atoms with Crippen LogP contribution in [-0.4, -0.2) is 36.4 Å². The van der Waals surface area contributed by atoms with Crippen LogP contribution < -0.4 is 10.6 Å². The van der Waals surface area contributed by atoms with E-state index in [0.717, 1.165) is 32.0 Å². The van der Waals surface area contributed by atoms with Crippen LogP contribution >= 0.6 is 24.0 Å². The molecule has 1 aliphatic rings. The van der Waals surface area contributed by atoms with Crippen molar-refractivity contribution in [3.63, 3.8) is 0 Å². The molecule has 0 saturated carbocycles. The monoisotopic (exact) mass is 486 g/mol. The standard InChI is InChI=1S/C21H34N4O.HI/c1-4-17(5-2)14-23-21(22-6-3)24-15-18-10-7-8-11-19(18)16-25-13-9-12-20(25)26;/h7-8,10-11,17H,4-6,9,12-16H2,1-3H3,(H2,22,23,24);1H. The molecule has 0 bridgehead atoms. The number of benzene rings is 1. The summed E-state index contributed by atoms with van der Waals surface area (Å²) in [7, 11) is 0. The minimum absolute atomic E-state index is 0. The smallest absolute Gasteiger partial charge is 0.222 e. The number of nitrogens with zero attached hydrogens (tertiary/aromatic N) is 2. The minimum atomic E-state index is 0. The van der Waals surface area contributed by atoms with Crippen molar-refractivity contribution < 1.29 is 4.79 Å². The van der Waals surface area contributed by atoms with Crippen molar-refractivity contribution in [1.82, 2.24) is 15.5 Å². The fourth-order valence-corrected chi connectivity index (χ4v) is 3.27. The lowest BCUT2D eigenvalue weighted by atomic mass is 10.0. The fraction of sp³-hybridized carbons (Fsp3) is 0.619.